The van der Waals surface area contributed by atoms with E-state index < -0.39 is 0 Å². The minimum absolute atomic E-state index is 0.186. The number of hydrogen-bond donors (Lipinski definition) is 2. The Morgan fingerprint density at radius 1 is 1.22 bits per heavy atom. The largest absolute Gasteiger partial charge is 0.383 e. The topological polar surface area (TPSA) is 63.8 Å². The second-order valence-corrected chi connectivity index (χ2v) is 4.15. The van der Waals surface area contributed by atoms with Crippen molar-refractivity contribution in [3.8, 4) is 0 Å². The maximum atomic E-state index is 5.94. The van der Waals surface area contributed by atoms with Crippen LogP contribution in [0, 0.1) is 0 Å². The molecule has 2 rings (SSSR count). The predicted molar refractivity (Wildman–Crippen MR) is 73.0 cm³/mol. The van der Waals surface area contributed by atoms with Gasteiger partial charge in [-0.15, -0.1) is 0 Å². The van der Waals surface area contributed by atoms with Gasteiger partial charge in [0.15, 0.2) is 0 Å². The lowest BCUT2D eigenvalue weighted by Gasteiger charge is -2.19. The van der Waals surface area contributed by atoms with Crippen molar-refractivity contribution in [2.75, 3.05) is 12.3 Å². The van der Waals surface area contributed by atoms with Crippen LogP contribution in [-0.4, -0.2) is 16.5 Å². The first-order valence-electron chi connectivity index (χ1n) is 6.14. The summed E-state index contributed by atoms with van der Waals surface area (Å²) < 4.78 is 0. The molecule has 0 fully saturated rings. The van der Waals surface area contributed by atoms with Crippen LogP contribution in [0.5, 0.6) is 0 Å². The number of likely N-dealkylation sites (N-methyl/N-ethyl adjacent to an activating group) is 1. The van der Waals surface area contributed by atoms with E-state index in [2.05, 4.69) is 22.2 Å². The number of nitrogens with two attached hydrogens (primary N) is 1. The maximum Gasteiger partial charge on any atom is 0.128 e. The van der Waals surface area contributed by atoms with Crippen molar-refractivity contribution in [1.82, 2.24) is 15.3 Å². The van der Waals surface area contributed by atoms with Gasteiger partial charge in [-0.2, -0.15) is 0 Å². The first kappa shape index (κ1) is 12.5. The highest BCUT2D eigenvalue weighted by Gasteiger charge is 2.14. The number of nitrogen functional groups attached to an aromatic ring is 1. The van der Waals surface area contributed by atoms with Crippen molar-refractivity contribution in [2.45, 2.75) is 19.4 Å². The summed E-state index contributed by atoms with van der Waals surface area (Å²) in [5, 5.41) is 3.45. The molecule has 2 heterocycles. The molecular weight excluding hydrogens is 224 g/mol. The number of anilines is 1. The monoisotopic (exact) mass is 242 g/mol. The average molecular weight is 242 g/mol. The number of aromatic nitrogens is 2. The molecule has 0 saturated carbocycles. The molecule has 2 aromatic rings. The Morgan fingerprint density at radius 3 is 2.67 bits per heavy atom. The zero-order valence-electron chi connectivity index (χ0n) is 10.5. The van der Waals surface area contributed by atoms with Crippen LogP contribution in [0.1, 0.15) is 24.1 Å². The summed E-state index contributed by atoms with van der Waals surface area (Å²) in [4.78, 5) is 8.18. The molecule has 1 atom stereocenters. The van der Waals surface area contributed by atoms with E-state index in [0.29, 0.717) is 5.82 Å². The van der Waals surface area contributed by atoms with Gasteiger partial charge in [0.1, 0.15) is 5.82 Å². The maximum absolute atomic E-state index is 5.94. The lowest BCUT2D eigenvalue weighted by Crippen LogP contribution is -2.24. The number of nitrogens with one attached hydrogen (secondary N) is 1. The van der Waals surface area contributed by atoms with Gasteiger partial charge in [-0.05, 0) is 36.7 Å². The molecular formula is C14H18N4. The van der Waals surface area contributed by atoms with E-state index in [1.54, 1.807) is 6.20 Å². The van der Waals surface area contributed by atoms with Crippen LogP contribution in [0.15, 0.2) is 42.9 Å². The van der Waals surface area contributed by atoms with E-state index >= 15 is 0 Å². The molecule has 0 saturated heterocycles. The number of nitrogens with zero attached hydrogens (tertiary/aromatic N) is 2. The van der Waals surface area contributed by atoms with Crippen molar-refractivity contribution in [3.05, 3.63) is 54.0 Å². The van der Waals surface area contributed by atoms with Gasteiger partial charge in [-0.3, -0.25) is 4.98 Å². The first-order chi connectivity index (χ1) is 8.81. The molecule has 18 heavy (non-hydrogen) atoms. The second-order valence-electron chi connectivity index (χ2n) is 4.15. The van der Waals surface area contributed by atoms with E-state index in [0.717, 1.165) is 18.5 Å². The third-order valence-corrected chi connectivity index (χ3v) is 2.89. The van der Waals surface area contributed by atoms with Crippen molar-refractivity contribution in [3.63, 3.8) is 0 Å². The summed E-state index contributed by atoms with van der Waals surface area (Å²) in [6.07, 6.45) is 6.22. The fraction of sp³-hybridized carbons (Fsp3) is 0.286. The SMILES string of the molecule is CCNC(Cc1ccncc1)c1cccnc1N. The smallest absolute Gasteiger partial charge is 0.128 e. The van der Waals surface area contributed by atoms with Gasteiger partial charge in [0.05, 0.1) is 0 Å². The molecule has 4 nitrogen and oxygen atoms in total. The van der Waals surface area contributed by atoms with Crippen molar-refractivity contribution in [1.29, 1.82) is 0 Å². The van der Waals surface area contributed by atoms with Crippen molar-refractivity contribution >= 4 is 5.82 Å². The van der Waals surface area contributed by atoms with Gasteiger partial charge >= 0.3 is 0 Å². The molecule has 0 aliphatic rings. The lowest BCUT2D eigenvalue weighted by molar-refractivity contribution is 0.550. The van der Waals surface area contributed by atoms with Gasteiger partial charge in [0.25, 0.3) is 0 Å². The zero-order valence-corrected chi connectivity index (χ0v) is 10.5. The molecule has 1 unspecified atom stereocenters. The molecule has 2 aromatic heterocycles. The van der Waals surface area contributed by atoms with Gasteiger partial charge in [-0.25, -0.2) is 4.98 Å². The highest BCUT2D eigenvalue weighted by Crippen LogP contribution is 2.21. The van der Waals surface area contributed by atoms with Crippen LogP contribution >= 0.6 is 0 Å². The molecule has 0 spiro atoms. The average Bonchev–Trinajstić information content (AvgIpc) is 2.40. The summed E-state index contributed by atoms with van der Waals surface area (Å²) in [6, 6.07) is 8.18. The van der Waals surface area contributed by atoms with E-state index in [1.165, 1.54) is 5.56 Å². The quantitative estimate of drug-likeness (QED) is 0.841. The van der Waals surface area contributed by atoms with Gasteiger partial charge < -0.3 is 11.1 Å². The summed E-state index contributed by atoms with van der Waals surface area (Å²) in [7, 11) is 0. The van der Waals surface area contributed by atoms with Gasteiger partial charge in [0, 0.05) is 30.2 Å². The Kier molecular flexibility index (Phi) is 4.25. The third kappa shape index (κ3) is 3.05. The summed E-state index contributed by atoms with van der Waals surface area (Å²) in [5.74, 6) is 0.595. The number of hydrogen-bond acceptors (Lipinski definition) is 4. The fourth-order valence-corrected chi connectivity index (χ4v) is 2.02. The minimum atomic E-state index is 0.186. The molecule has 0 bridgehead atoms. The Labute approximate surface area is 107 Å². The van der Waals surface area contributed by atoms with Crippen LogP contribution in [0.3, 0.4) is 0 Å². The van der Waals surface area contributed by atoms with Crippen LogP contribution in [0.4, 0.5) is 5.82 Å². The van der Waals surface area contributed by atoms with Crippen molar-refractivity contribution in [2.24, 2.45) is 0 Å². The molecule has 94 valence electrons. The Hall–Kier alpha value is -1.94. The van der Waals surface area contributed by atoms with Gasteiger partial charge in [0.2, 0.25) is 0 Å². The van der Waals surface area contributed by atoms with Gasteiger partial charge in [-0.1, -0.05) is 13.0 Å². The highest BCUT2D eigenvalue weighted by atomic mass is 14.9. The van der Waals surface area contributed by atoms with Crippen LogP contribution in [0.25, 0.3) is 0 Å². The predicted octanol–water partition coefficient (Wildman–Crippen LogP) is 1.95. The number of rotatable bonds is 5. The molecule has 4 heteroatoms. The number of pyridine rings is 2. The zero-order chi connectivity index (χ0) is 12.8. The van der Waals surface area contributed by atoms with E-state index in [9.17, 15) is 0 Å². The molecule has 0 aromatic carbocycles. The second kappa shape index (κ2) is 6.12. The molecule has 0 aliphatic heterocycles. The lowest BCUT2D eigenvalue weighted by atomic mass is 10.00. The van der Waals surface area contributed by atoms with E-state index in [-0.39, 0.29) is 6.04 Å². The molecule has 3 N–H and O–H groups in total. The van der Waals surface area contributed by atoms with Crippen LogP contribution in [0.2, 0.25) is 0 Å². The first-order valence-corrected chi connectivity index (χ1v) is 6.14. The van der Waals surface area contributed by atoms with Crippen LogP contribution < -0.4 is 11.1 Å². The Morgan fingerprint density at radius 2 is 2.00 bits per heavy atom. The molecule has 0 amide bonds. The standard InChI is InChI=1S/C14H18N4/c1-2-17-13(10-11-5-8-16-9-6-11)12-4-3-7-18-14(12)15/h3-9,13,17H,2,10H2,1H3,(H2,15,18). The Bertz CT molecular complexity index is 484. The minimum Gasteiger partial charge on any atom is -0.383 e. The van der Waals surface area contributed by atoms with E-state index in [1.807, 2.05) is 36.7 Å². The molecule has 0 radical (unpaired) electrons. The summed E-state index contributed by atoms with van der Waals surface area (Å²) in [6.45, 7) is 2.98. The molecule has 0 aliphatic carbocycles. The van der Waals surface area contributed by atoms with Crippen molar-refractivity contribution < 1.29 is 0 Å². The third-order valence-electron chi connectivity index (χ3n) is 2.89. The van der Waals surface area contributed by atoms with Crippen LogP contribution in [-0.2, 0) is 6.42 Å². The summed E-state index contributed by atoms with van der Waals surface area (Å²) in [5.41, 5.74) is 8.23. The highest BCUT2D eigenvalue weighted by molar-refractivity contribution is 5.41. The Balaban J connectivity index is 2.21. The fourth-order valence-electron chi connectivity index (χ4n) is 2.02. The summed E-state index contributed by atoms with van der Waals surface area (Å²) >= 11 is 0. The normalized spacial score (nSPS) is 12.3. The van der Waals surface area contributed by atoms with E-state index in [4.69, 9.17) is 5.73 Å².